The molecular weight excluding hydrogens is 291 g/mol. The quantitative estimate of drug-likeness (QED) is 0.852. The van der Waals surface area contributed by atoms with E-state index in [2.05, 4.69) is 20.5 Å². The minimum absolute atomic E-state index is 0.0595. The Morgan fingerprint density at radius 2 is 2.37 bits per heavy atom. The fraction of sp³-hybridized carbons (Fsp3) is 0.182. The van der Waals surface area contributed by atoms with Gasteiger partial charge >= 0.3 is 0 Å². The van der Waals surface area contributed by atoms with Crippen molar-refractivity contribution in [2.24, 2.45) is 0 Å². The van der Waals surface area contributed by atoms with Crippen LogP contribution in [0.2, 0.25) is 5.02 Å². The molecule has 0 saturated heterocycles. The maximum atomic E-state index is 13.4. The van der Waals surface area contributed by atoms with Gasteiger partial charge in [0.1, 0.15) is 11.6 Å². The molecule has 0 bridgehead atoms. The monoisotopic (exact) mass is 300 g/mol. The summed E-state index contributed by atoms with van der Waals surface area (Å²) in [4.78, 5) is 15.7. The first-order chi connectivity index (χ1) is 9.04. The standard InChI is InChI=1S/C11H10ClFN4OS/c1-6-14-11(17-16-6)19-5-10(18)15-9-4-7(12)2-3-8(9)13/h2-4H,5H2,1H3,(H,15,18)(H,14,16,17). The molecule has 0 aliphatic rings. The average Bonchev–Trinajstić information content (AvgIpc) is 2.77. The van der Waals surface area contributed by atoms with Gasteiger partial charge in [-0.2, -0.15) is 0 Å². The molecule has 0 aliphatic heterocycles. The number of nitrogens with one attached hydrogen (secondary N) is 2. The second kappa shape index (κ2) is 6.03. The highest BCUT2D eigenvalue weighted by Gasteiger charge is 2.09. The van der Waals surface area contributed by atoms with Crippen LogP contribution in [-0.2, 0) is 4.79 Å². The number of rotatable bonds is 4. The van der Waals surface area contributed by atoms with Gasteiger partial charge in [0.2, 0.25) is 11.1 Å². The number of anilines is 1. The maximum absolute atomic E-state index is 13.4. The fourth-order valence-electron chi connectivity index (χ4n) is 1.30. The molecule has 0 radical (unpaired) electrons. The molecule has 8 heteroatoms. The van der Waals surface area contributed by atoms with Crippen molar-refractivity contribution < 1.29 is 9.18 Å². The smallest absolute Gasteiger partial charge is 0.234 e. The lowest BCUT2D eigenvalue weighted by Gasteiger charge is -2.05. The zero-order valence-electron chi connectivity index (χ0n) is 9.91. The number of H-pyrrole nitrogens is 1. The van der Waals surface area contributed by atoms with Crippen molar-refractivity contribution in [3.63, 3.8) is 0 Å². The summed E-state index contributed by atoms with van der Waals surface area (Å²) >= 11 is 6.89. The van der Waals surface area contributed by atoms with Gasteiger partial charge in [-0.15, -0.1) is 5.10 Å². The summed E-state index contributed by atoms with van der Waals surface area (Å²) < 4.78 is 13.4. The van der Waals surface area contributed by atoms with Crippen LogP contribution in [0.5, 0.6) is 0 Å². The Morgan fingerprint density at radius 1 is 1.58 bits per heavy atom. The van der Waals surface area contributed by atoms with Crippen LogP contribution in [0, 0.1) is 12.7 Å². The predicted octanol–water partition coefficient (Wildman–Crippen LogP) is 2.64. The molecule has 0 fully saturated rings. The van der Waals surface area contributed by atoms with Crippen LogP contribution >= 0.6 is 23.4 Å². The number of carbonyl (C=O) groups is 1. The van der Waals surface area contributed by atoms with Gasteiger partial charge in [-0.1, -0.05) is 23.4 Å². The molecule has 0 unspecified atom stereocenters. The third-order valence-electron chi connectivity index (χ3n) is 2.11. The number of aromatic amines is 1. The Kier molecular flexibility index (Phi) is 4.39. The lowest BCUT2D eigenvalue weighted by molar-refractivity contribution is -0.113. The minimum atomic E-state index is -0.531. The van der Waals surface area contributed by atoms with E-state index in [1.54, 1.807) is 6.92 Å². The summed E-state index contributed by atoms with van der Waals surface area (Å²) in [6, 6.07) is 3.97. The van der Waals surface area contributed by atoms with Crippen molar-refractivity contribution >= 4 is 35.0 Å². The van der Waals surface area contributed by atoms with Gasteiger partial charge in [-0.05, 0) is 25.1 Å². The predicted molar refractivity (Wildman–Crippen MR) is 71.9 cm³/mol. The highest BCUT2D eigenvalue weighted by atomic mass is 35.5. The molecule has 0 spiro atoms. The summed E-state index contributed by atoms with van der Waals surface area (Å²) in [5.41, 5.74) is 0.0595. The van der Waals surface area contributed by atoms with Gasteiger partial charge in [0, 0.05) is 5.02 Å². The van der Waals surface area contributed by atoms with Crippen molar-refractivity contribution in [1.82, 2.24) is 15.2 Å². The molecule has 19 heavy (non-hydrogen) atoms. The van der Waals surface area contributed by atoms with E-state index in [1.807, 2.05) is 0 Å². The molecule has 0 aliphatic carbocycles. The number of hydrogen-bond acceptors (Lipinski definition) is 4. The normalized spacial score (nSPS) is 10.5. The van der Waals surface area contributed by atoms with Gasteiger partial charge in [0.05, 0.1) is 11.4 Å². The topological polar surface area (TPSA) is 70.7 Å². The summed E-state index contributed by atoms with van der Waals surface area (Å²) in [7, 11) is 0. The lowest BCUT2D eigenvalue weighted by atomic mass is 10.3. The number of carbonyl (C=O) groups excluding carboxylic acids is 1. The molecule has 1 aromatic heterocycles. The zero-order valence-corrected chi connectivity index (χ0v) is 11.5. The van der Waals surface area contributed by atoms with Crippen LogP contribution in [0.25, 0.3) is 0 Å². The van der Waals surface area contributed by atoms with E-state index < -0.39 is 5.82 Å². The van der Waals surface area contributed by atoms with E-state index in [4.69, 9.17) is 11.6 Å². The highest BCUT2D eigenvalue weighted by molar-refractivity contribution is 7.99. The lowest BCUT2D eigenvalue weighted by Crippen LogP contribution is -2.15. The molecule has 5 nitrogen and oxygen atoms in total. The van der Waals surface area contributed by atoms with E-state index in [9.17, 15) is 9.18 Å². The van der Waals surface area contributed by atoms with Gasteiger partial charge in [0.15, 0.2) is 0 Å². The first-order valence-electron chi connectivity index (χ1n) is 5.31. The van der Waals surface area contributed by atoms with E-state index in [-0.39, 0.29) is 17.3 Å². The van der Waals surface area contributed by atoms with Crippen molar-refractivity contribution in [1.29, 1.82) is 0 Å². The Labute approximate surface area is 118 Å². The van der Waals surface area contributed by atoms with E-state index in [1.165, 1.54) is 18.2 Å². The first-order valence-corrected chi connectivity index (χ1v) is 6.67. The van der Waals surface area contributed by atoms with Crippen LogP contribution in [0.3, 0.4) is 0 Å². The van der Waals surface area contributed by atoms with Crippen LogP contribution in [-0.4, -0.2) is 26.8 Å². The molecule has 1 amide bonds. The molecule has 2 aromatic rings. The number of nitrogens with zero attached hydrogens (tertiary/aromatic N) is 2. The number of hydrogen-bond donors (Lipinski definition) is 2. The summed E-state index contributed by atoms with van der Waals surface area (Å²) in [5, 5.41) is 9.82. The first kappa shape index (κ1) is 13.8. The van der Waals surface area contributed by atoms with Crippen LogP contribution < -0.4 is 5.32 Å². The van der Waals surface area contributed by atoms with Crippen molar-refractivity contribution in [2.75, 3.05) is 11.1 Å². The zero-order chi connectivity index (χ0) is 13.8. The van der Waals surface area contributed by atoms with Crippen molar-refractivity contribution in [3.8, 4) is 0 Å². The number of aromatic nitrogens is 3. The van der Waals surface area contributed by atoms with Crippen LogP contribution in [0.1, 0.15) is 5.82 Å². The Bertz CT molecular complexity index is 604. The Morgan fingerprint density at radius 3 is 3.05 bits per heavy atom. The van der Waals surface area contributed by atoms with Crippen molar-refractivity contribution in [3.05, 3.63) is 34.9 Å². The SMILES string of the molecule is Cc1nc(SCC(=O)Nc2cc(Cl)ccc2F)n[nH]1. The summed E-state index contributed by atoms with van der Waals surface area (Å²) in [5.74, 6) is -0.127. The number of thioether (sulfide) groups is 1. The number of halogens is 2. The molecular formula is C11H10ClFN4OS. The Hall–Kier alpha value is -1.60. The largest absolute Gasteiger partial charge is 0.323 e. The van der Waals surface area contributed by atoms with Gasteiger partial charge < -0.3 is 5.32 Å². The molecule has 2 N–H and O–H groups in total. The molecule has 0 atom stereocenters. The molecule has 1 heterocycles. The third kappa shape index (κ3) is 3.93. The third-order valence-corrected chi connectivity index (χ3v) is 3.19. The summed E-state index contributed by atoms with van der Waals surface area (Å²) in [6.45, 7) is 1.76. The van der Waals surface area contributed by atoms with Crippen LogP contribution in [0.15, 0.2) is 23.4 Å². The minimum Gasteiger partial charge on any atom is -0.323 e. The average molecular weight is 301 g/mol. The van der Waals surface area contributed by atoms with Gasteiger partial charge in [-0.3, -0.25) is 9.89 Å². The van der Waals surface area contributed by atoms with Gasteiger partial charge in [0.25, 0.3) is 0 Å². The highest BCUT2D eigenvalue weighted by Crippen LogP contribution is 2.20. The number of amides is 1. The molecule has 2 rings (SSSR count). The number of aryl methyl sites for hydroxylation is 1. The van der Waals surface area contributed by atoms with Gasteiger partial charge in [-0.25, -0.2) is 9.37 Å². The molecule has 100 valence electrons. The van der Waals surface area contributed by atoms with Crippen molar-refractivity contribution in [2.45, 2.75) is 12.1 Å². The van der Waals surface area contributed by atoms with Crippen LogP contribution in [0.4, 0.5) is 10.1 Å². The molecule has 0 saturated carbocycles. The van der Waals surface area contributed by atoms with E-state index in [0.29, 0.717) is 16.0 Å². The van der Waals surface area contributed by atoms with E-state index >= 15 is 0 Å². The summed E-state index contributed by atoms with van der Waals surface area (Å²) in [6.07, 6.45) is 0. The second-order valence-electron chi connectivity index (χ2n) is 3.66. The maximum Gasteiger partial charge on any atom is 0.234 e. The van der Waals surface area contributed by atoms with E-state index in [0.717, 1.165) is 11.8 Å². The fourth-order valence-corrected chi connectivity index (χ4v) is 2.11. The Balaban J connectivity index is 1.92. The molecule has 1 aromatic carbocycles. The number of benzene rings is 1. The second-order valence-corrected chi connectivity index (χ2v) is 5.04.